The number of ether oxygens (including phenoxy) is 1. The van der Waals surface area contributed by atoms with Crippen LogP contribution in [0.3, 0.4) is 0 Å². The number of hydrogen-bond donors (Lipinski definition) is 2. The molecule has 6 nitrogen and oxygen atoms in total. The molecule has 1 aliphatic rings. The maximum absolute atomic E-state index is 11.5. The van der Waals surface area contributed by atoms with Crippen LogP contribution >= 0.6 is 0 Å². The molecule has 94 valence electrons. The molecule has 1 aromatic heterocycles. The summed E-state index contributed by atoms with van der Waals surface area (Å²) >= 11 is 0. The molecule has 2 heterocycles. The Kier molecular flexibility index (Phi) is 3.44. The van der Waals surface area contributed by atoms with E-state index >= 15 is 0 Å². The first kappa shape index (κ1) is 12.1. The van der Waals surface area contributed by atoms with Gasteiger partial charge in [-0.1, -0.05) is 0 Å². The summed E-state index contributed by atoms with van der Waals surface area (Å²) < 4.78 is 10.7. The summed E-state index contributed by atoms with van der Waals surface area (Å²) in [7, 11) is 0. The quantitative estimate of drug-likeness (QED) is 0.755. The number of aryl methyl sites for hydroxylation is 1. The van der Waals surface area contributed by atoms with Gasteiger partial charge in [-0.25, -0.2) is 4.98 Å². The van der Waals surface area contributed by atoms with Gasteiger partial charge < -0.3 is 19.8 Å². The average Bonchev–Trinajstić information content (AvgIpc) is 2.67. The topological polar surface area (TPSA) is 76.4 Å². The van der Waals surface area contributed by atoms with Gasteiger partial charge in [-0.3, -0.25) is 4.79 Å². The Labute approximate surface area is 99.7 Å². The highest BCUT2D eigenvalue weighted by Gasteiger charge is 2.32. The van der Waals surface area contributed by atoms with Crippen LogP contribution in [0.1, 0.15) is 18.6 Å². The molecule has 1 fully saturated rings. The van der Waals surface area contributed by atoms with E-state index in [-0.39, 0.29) is 18.1 Å². The molecule has 17 heavy (non-hydrogen) atoms. The first-order valence-electron chi connectivity index (χ1n) is 5.60. The van der Waals surface area contributed by atoms with Crippen LogP contribution < -0.4 is 10.6 Å². The SMILES string of the molecule is Cc1cnc(CNC(=O)COC2(C)CNC2)o1. The number of carbonyl (C=O) groups is 1. The molecule has 1 aliphatic heterocycles. The fourth-order valence-corrected chi connectivity index (χ4v) is 1.53. The second-order valence-corrected chi connectivity index (χ2v) is 4.48. The van der Waals surface area contributed by atoms with Crippen LogP contribution in [0.25, 0.3) is 0 Å². The number of hydrogen-bond acceptors (Lipinski definition) is 5. The van der Waals surface area contributed by atoms with E-state index in [9.17, 15) is 4.79 Å². The molecule has 6 heteroatoms. The van der Waals surface area contributed by atoms with E-state index in [4.69, 9.17) is 9.15 Å². The lowest BCUT2D eigenvalue weighted by Gasteiger charge is -2.38. The lowest BCUT2D eigenvalue weighted by atomic mass is 10.0. The van der Waals surface area contributed by atoms with Gasteiger partial charge in [0.05, 0.1) is 18.3 Å². The molecule has 0 aliphatic carbocycles. The second kappa shape index (κ2) is 4.85. The van der Waals surface area contributed by atoms with E-state index in [2.05, 4.69) is 15.6 Å². The Bertz CT molecular complexity index is 398. The summed E-state index contributed by atoms with van der Waals surface area (Å²) in [5.41, 5.74) is -0.198. The largest absolute Gasteiger partial charge is 0.444 e. The first-order valence-corrected chi connectivity index (χ1v) is 5.60. The third kappa shape index (κ3) is 3.28. The summed E-state index contributed by atoms with van der Waals surface area (Å²) in [6, 6.07) is 0. The van der Waals surface area contributed by atoms with Crippen molar-refractivity contribution in [3.8, 4) is 0 Å². The van der Waals surface area contributed by atoms with Crippen LogP contribution in [0, 0.1) is 6.92 Å². The predicted molar refractivity (Wildman–Crippen MR) is 60.3 cm³/mol. The standard InChI is InChI=1S/C11H17N3O3/c1-8-3-14-10(17-8)4-13-9(15)5-16-11(2)6-12-7-11/h3,12H,4-7H2,1-2H3,(H,13,15). The number of carbonyl (C=O) groups excluding carboxylic acids is 1. The minimum atomic E-state index is -0.198. The molecule has 0 unspecified atom stereocenters. The third-order valence-electron chi connectivity index (χ3n) is 2.66. The van der Waals surface area contributed by atoms with Crippen LogP contribution in [0.2, 0.25) is 0 Å². The summed E-state index contributed by atoms with van der Waals surface area (Å²) in [6.07, 6.45) is 1.62. The third-order valence-corrected chi connectivity index (χ3v) is 2.66. The molecular formula is C11H17N3O3. The summed E-state index contributed by atoms with van der Waals surface area (Å²) in [4.78, 5) is 15.5. The van der Waals surface area contributed by atoms with Crippen molar-refractivity contribution >= 4 is 5.91 Å². The van der Waals surface area contributed by atoms with Gasteiger partial charge >= 0.3 is 0 Å². The fourth-order valence-electron chi connectivity index (χ4n) is 1.53. The van der Waals surface area contributed by atoms with Crippen molar-refractivity contribution in [3.05, 3.63) is 17.8 Å². The van der Waals surface area contributed by atoms with E-state index < -0.39 is 0 Å². The van der Waals surface area contributed by atoms with Crippen molar-refractivity contribution in [2.24, 2.45) is 0 Å². The first-order chi connectivity index (χ1) is 8.07. The lowest BCUT2D eigenvalue weighted by Crippen LogP contribution is -2.59. The second-order valence-electron chi connectivity index (χ2n) is 4.48. The van der Waals surface area contributed by atoms with Crippen LogP contribution in [0.4, 0.5) is 0 Å². The van der Waals surface area contributed by atoms with Gasteiger partial charge in [-0.15, -0.1) is 0 Å². The van der Waals surface area contributed by atoms with Crippen molar-refractivity contribution in [1.29, 1.82) is 0 Å². The molecule has 2 rings (SSSR count). The normalized spacial score (nSPS) is 17.5. The van der Waals surface area contributed by atoms with Gasteiger partial charge in [-0.2, -0.15) is 0 Å². The van der Waals surface area contributed by atoms with Gasteiger partial charge in [0.25, 0.3) is 0 Å². The molecule has 0 aromatic carbocycles. The van der Waals surface area contributed by atoms with E-state index in [0.717, 1.165) is 18.8 Å². The van der Waals surface area contributed by atoms with Crippen LogP contribution in [-0.2, 0) is 16.1 Å². The van der Waals surface area contributed by atoms with Crippen LogP contribution in [0.5, 0.6) is 0 Å². The average molecular weight is 239 g/mol. The van der Waals surface area contributed by atoms with Gasteiger partial charge in [0.15, 0.2) is 0 Å². The Morgan fingerprint density at radius 1 is 1.71 bits per heavy atom. The van der Waals surface area contributed by atoms with Gasteiger partial charge in [0, 0.05) is 13.1 Å². The summed E-state index contributed by atoms with van der Waals surface area (Å²) in [6.45, 7) is 5.74. The molecule has 1 saturated heterocycles. The fraction of sp³-hybridized carbons (Fsp3) is 0.636. The van der Waals surface area contributed by atoms with E-state index in [1.165, 1.54) is 0 Å². The maximum atomic E-state index is 11.5. The minimum absolute atomic E-state index is 0.0673. The van der Waals surface area contributed by atoms with Gasteiger partial charge in [-0.05, 0) is 13.8 Å². The number of nitrogens with one attached hydrogen (secondary N) is 2. The summed E-state index contributed by atoms with van der Waals surface area (Å²) in [5.74, 6) is 1.08. The van der Waals surface area contributed by atoms with Crippen LogP contribution in [-0.4, -0.2) is 36.2 Å². The van der Waals surface area contributed by atoms with Crippen LogP contribution in [0.15, 0.2) is 10.6 Å². The van der Waals surface area contributed by atoms with Crippen molar-refractivity contribution in [3.63, 3.8) is 0 Å². The highest BCUT2D eigenvalue weighted by Crippen LogP contribution is 2.14. The molecular weight excluding hydrogens is 222 g/mol. The van der Waals surface area contributed by atoms with E-state index in [0.29, 0.717) is 12.4 Å². The van der Waals surface area contributed by atoms with E-state index in [1.807, 2.05) is 13.8 Å². The van der Waals surface area contributed by atoms with E-state index in [1.54, 1.807) is 6.20 Å². The van der Waals surface area contributed by atoms with Crippen molar-refractivity contribution in [2.45, 2.75) is 26.0 Å². The molecule has 1 amide bonds. The lowest BCUT2D eigenvalue weighted by molar-refractivity contribution is -0.136. The molecule has 2 N–H and O–H groups in total. The Morgan fingerprint density at radius 3 is 3.00 bits per heavy atom. The number of amides is 1. The molecule has 0 saturated carbocycles. The smallest absolute Gasteiger partial charge is 0.246 e. The highest BCUT2D eigenvalue weighted by molar-refractivity contribution is 5.77. The Hall–Kier alpha value is -1.40. The zero-order valence-electron chi connectivity index (χ0n) is 10.1. The zero-order chi connectivity index (χ0) is 12.3. The summed E-state index contributed by atoms with van der Waals surface area (Å²) in [5, 5.41) is 5.80. The molecule has 0 bridgehead atoms. The number of nitrogens with zero attached hydrogens (tertiary/aromatic N) is 1. The highest BCUT2D eigenvalue weighted by atomic mass is 16.5. The maximum Gasteiger partial charge on any atom is 0.246 e. The minimum Gasteiger partial charge on any atom is -0.444 e. The van der Waals surface area contributed by atoms with Crippen molar-refractivity contribution in [1.82, 2.24) is 15.6 Å². The zero-order valence-corrected chi connectivity index (χ0v) is 10.1. The molecule has 1 aromatic rings. The molecule has 0 atom stereocenters. The van der Waals surface area contributed by atoms with Gasteiger partial charge in [0.2, 0.25) is 11.8 Å². The van der Waals surface area contributed by atoms with Crippen molar-refractivity contribution in [2.75, 3.05) is 19.7 Å². The molecule has 0 spiro atoms. The van der Waals surface area contributed by atoms with Crippen molar-refractivity contribution < 1.29 is 13.9 Å². The molecule has 0 radical (unpaired) electrons. The monoisotopic (exact) mass is 239 g/mol. The Balaban J connectivity index is 1.67. The Morgan fingerprint density at radius 2 is 2.47 bits per heavy atom. The predicted octanol–water partition coefficient (Wildman–Crippen LogP) is -0.0223. The van der Waals surface area contributed by atoms with Gasteiger partial charge in [0.1, 0.15) is 12.4 Å². The number of rotatable bonds is 5. The number of aromatic nitrogens is 1. The number of oxazole rings is 1.